The van der Waals surface area contributed by atoms with Gasteiger partial charge in [-0.15, -0.1) is 0 Å². The van der Waals surface area contributed by atoms with Crippen molar-refractivity contribution in [1.29, 1.82) is 0 Å². The van der Waals surface area contributed by atoms with Crippen LogP contribution in [0.25, 0.3) is 0 Å². The molecular formula is C12H18N4O2. The smallest absolute Gasteiger partial charge is 0.264 e. The monoisotopic (exact) mass is 250 g/mol. The lowest BCUT2D eigenvalue weighted by Gasteiger charge is -2.09. The van der Waals surface area contributed by atoms with Gasteiger partial charge in [-0.2, -0.15) is 5.10 Å². The van der Waals surface area contributed by atoms with Crippen molar-refractivity contribution in [2.75, 3.05) is 6.54 Å². The Morgan fingerprint density at radius 1 is 1.50 bits per heavy atom. The first-order valence-electron chi connectivity index (χ1n) is 6.05. The van der Waals surface area contributed by atoms with E-state index in [-0.39, 0.29) is 5.91 Å². The second-order valence-electron chi connectivity index (χ2n) is 4.58. The van der Waals surface area contributed by atoms with Crippen molar-refractivity contribution in [3.63, 3.8) is 0 Å². The van der Waals surface area contributed by atoms with Gasteiger partial charge in [0.05, 0.1) is 11.4 Å². The molecule has 0 spiro atoms. The predicted molar refractivity (Wildman–Crippen MR) is 67.4 cm³/mol. The molecule has 0 saturated heterocycles. The van der Waals surface area contributed by atoms with Gasteiger partial charge in [0.1, 0.15) is 0 Å². The number of rotatable bonds is 4. The molecule has 1 amide bonds. The maximum atomic E-state index is 11.8. The summed E-state index contributed by atoms with van der Waals surface area (Å²) in [5, 5.41) is 13.7. The largest absolute Gasteiger partial charge is 0.382 e. The molecule has 2 heterocycles. The van der Waals surface area contributed by atoms with Crippen LogP contribution in [0.4, 0.5) is 0 Å². The van der Waals surface area contributed by atoms with E-state index in [4.69, 9.17) is 4.84 Å². The Bertz CT molecular complexity index is 459. The van der Waals surface area contributed by atoms with E-state index in [9.17, 15) is 4.79 Å². The number of H-pyrrole nitrogens is 1. The van der Waals surface area contributed by atoms with Crippen LogP contribution in [0.2, 0.25) is 0 Å². The number of aromatic nitrogens is 2. The Morgan fingerprint density at radius 3 is 2.83 bits per heavy atom. The second-order valence-corrected chi connectivity index (χ2v) is 4.58. The average Bonchev–Trinajstić information content (AvgIpc) is 2.89. The normalized spacial score (nSPS) is 18.4. The summed E-state index contributed by atoms with van der Waals surface area (Å²) in [6.45, 7) is 6.37. The van der Waals surface area contributed by atoms with E-state index < -0.39 is 6.10 Å². The van der Waals surface area contributed by atoms with Crippen molar-refractivity contribution in [3.05, 3.63) is 17.0 Å². The number of hydrogen-bond donors (Lipinski definition) is 2. The van der Waals surface area contributed by atoms with Gasteiger partial charge in [-0.05, 0) is 32.8 Å². The van der Waals surface area contributed by atoms with Crippen LogP contribution < -0.4 is 5.32 Å². The zero-order chi connectivity index (χ0) is 13.1. The Balaban J connectivity index is 1.78. The highest BCUT2D eigenvalue weighted by Gasteiger charge is 2.25. The average molecular weight is 250 g/mol. The van der Waals surface area contributed by atoms with Crippen LogP contribution in [0.3, 0.4) is 0 Å². The van der Waals surface area contributed by atoms with Gasteiger partial charge in [0, 0.05) is 18.7 Å². The molecule has 6 heteroatoms. The Morgan fingerprint density at radius 2 is 2.28 bits per heavy atom. The van der Waals surface area contributed by atoms with Gasteiger partial charge in [-0.1, -0.05) is 5.16 Å². The first-order chi connectivity index (χ1) is 8.58. The number of aryl methyl sites for hydroxylation is 2. The minimum absolute atomic E-state index is 0.102. The van der Waals surface area contributed by atoms with Crippen LogP contribution in [0.15, 0.2) is 5.16 Å². The molecule has 0 radical (unpaired) electrons. The van der Waals surface area contributed by atoms with Gasteiger partial charge in [-0.3, -0.25) is 9.89 Å². The highest BCUT2D eigenvalue weighted by atomic mass is 16.6. The molecule has 1 aromatic rings. The molecule has 98 valence electrons. The third kappa shape index (κ3) is 2.69. The van der Waals surface area contributed by atoms with E-state index in [0.717, 1.165) is 29.1 Å². The van der Waals surface area contributed by atoms with E-state index in [2.05, 4.69) is 20.7 Å². The van der Waals surface area contributed by atoms with Crippen LogP contribution >= 0.6 is 0 Å². The van der Waals surface area contributed by atoms with Gasteiger partial charge in [0.15, 0.2) is 0 Å². The van der Waals surface area contributed by atoms with Crippen LogP contribution in [0.1, 0.15) is 30.3 Å². The van der Waals surface area contributed by atoms with Crippen molar-refractivity contribution in [3.8, 4) is 0 Å². The van der Waals surface area contributed by atoms with E-state index in [1.807, 2.05) is 20.8 Å². The fourth-order valence-electron chi connectivity index (χ4n) is 2.00. The molecule has 0 bridgehead atoms. The fourth-order valence-corrected chi connectivity index (χ4v) is 2.00. The maximum absolute atomic E-state index is 11.8. The third-order valence-electron chi connectivity index (χ3n) is 3.06. The Kier molecular flexibility index (Phi) is 3.64. The number of hydrogen-bond acceptors (Lipinski definition) is 4. The zero-order valence-corrected chi connectivity index (χ0v) is 10.9. The summed E-state index contributed by atoms with van der Waals surface area (Å²) in [5.74, 6) is -0.102. The molecule has 0 unspecified atom stereocenters. The topological polar surface area (TPSA) is 79.4 Å². The molecule has 2 N–H and O–H groups in total. The second kappa shape index (κ2) is 5.20. The minimum Gasteiger partial charge on any atom is -0.382 e. The molecule has 1 atom stereocenters. The zero-order valence-electron chi connectivity index (χ0n) is 10.9. The van der Waals surface area contributed by atoms with E-state index in [1.54, 1.807) is 0 Å². The van der Waals surface area contributed by atoms with E-state index >= 15 is 0 Å². The molecule has 1 aliphatic rings. The molecule has 0 saturated carbocycles. The van der Waals surface area contributed by atoms with Crippen LogP contribution in [-0.4, -0.2) is 34.5 Å². The number of oxime groups is 1. The first-order valence-corrected chi connectivity index (χ1v) is 6.05. The lowest BCUT2D eigenvalue weighted by Crippen LogP contribution is -2.35. The summed E-state index contributed by atoms with van der Waals surface area (Å²) >= 11 is 0. The van der Waals surface area contributed by atoms with Gasteiger partial charge >= 0.3 is 0 Å². The first kappa shape index (κ1) is 12.6. The number of nitrogens with one attached hydrogen (secondary N) is 2. The van der Waals surface area contributed by atoms with E-state index in [1.165, 1.54) is 0 Å². The van der Waals surface area contributed by atoms with Gasteiger partial charge in [0.25, 0.3) is 5.91 Å². The van der Waals surface area contributed by atoms with Crippen LogP contribution in [0, 0.1) is 13.8 Å². The fraction of sp³-hybridized carbons (Fsp3) is 0.583. The number of nitrogens with zero attached hydrogens (tertiary/aromatic N) is 2. The maximum Gasteiger partial charge on any atom is 0.264 e. The van der Waals surface area contributed by atoms with Gasteiger partial charge < -0.3 is 10.2 Å². The van der Waals surface area contributed by atoms with Crippen molar-refractivity contribution in [1.82, 2.24) is 15.5 Å². The van der Waals surface area contributed by atoms with Gasteiger partial charge in [0.2, 0.25) is 6.10 Å². The molecule has 0 aromatic carbocycles. The summed E-state index contributed by atoms with van der Waals surface area (Å²) in [6, 6.07) is 0. The highest BCUT2D eigenvalue weighted by molar-refractivity contribution is 5.91. The van der Waals surface area contributed by atoms with Gasteiger partial charge in [-0.25, -0.2) is 0 Å². The number of aromatic amines is 1. The van der Waals surface area contributed by atoms with Crippen molar-refractivity contribution < 1.29 is 9.63 Å². The van der Waals surface area contributed by atoms with Crippen molar-refractivity contribution in [2.24, 2.45) is 5.16 Å². The predicted octanol–water partition coefficient (Wildman–Crippen LogP) is 0.850. The molecule has 18 heavy (non-hydrogen) atoms. The highest BCUT2D eigenvalue weighted by Crippen LogP contribution is 2.11. The number of amides is 1. The Hall–Kier alpha value is -1.85. The molecule has 0 aliphatic carbocycles. The number of carbonyl (C=O) groups excluding carboxylic acids is 1. The summed E-state index contributed by atoms with van der Waals surface area (Å²) in [5.41, 5.74) is 4.06. The molecule has 0 fully saturated rings. The SMILES string of the molecule is CC1=NO[C@@H](C(=O)NCCc2c(C)n[nH]c2C)C1. The molecule has 6 nitrogen and oxygen atoms in total. The quantitative estimate of drug-likeness (QED) is 0.831. The Labute approximate surface area is 106 Å². The third-order valence-corrected chi connectivity index (χ3v) is 3.06. The summed E-state index contributed by atoms with van der Waals surface area (Å²) in [7, 11) is 0. The standard InChI is InChI=1S/C12H18N4O2/c1-7-6-11(18-16-7)12(17)13-5-4-10-8(2)14-15-9(10)3/h11H,4-6H2,1-3H3,(H,13,17)(H,14,15)/t11-/m1/s1. The van der Waals surface area contributed by atoms with Crippen LogP contribution in [0.5, 0.6) is 0 Å². The lowest BCUT2D eigenvalue weighted by molar-refractivity contribution is -0.131. The summed E-state index contributed by atoms with van der Waals surface area (Å²) in [4.78, 5) is 16.8. The number of carbonyl (C=O) groups is 1. The molecular weight excluding hydrogens is 232 g/mol. The van der Waals surface area contributed by atoms with E-state index in [0.29, 0.717) is 13.0 Å². The van der Waals surface area contributed by atoms with Crippen molar-refractivity contribution in [2.45, 2.75) is 39.7 Å². The lowest BCUT2D eigenvalue weighted by atomic mass is 10.1. The minimum atomic E-state index is -0.462. The van der Waals surface area contributed by atoms with Crippen LogP contribution in [-0.2, 0) is 16.1 Å². The van der Waals surface area contributed by atoms with Crippen molar-refractivity contribution >= 4 is 11.6 Å². The summed E-state index contributed by atoms with van der Waals surface area (Å²) < 4.78 is 0. The summed E-state index contributed by atoms with van der Waals surface area (Å²) in [6.07, 6.45) is 0.888. The molecule has 1 aliphatic heterocycles. The molecule has 2 rings (SSSR count). The molecule has 1 aromatic heterocycles.